The molecular weight excluding hydrogens is 200 g/mol. The fraction of sp³-hybridized carbons (Fsp3) is 1.00. The van der Waals surface area contributed by atoms with E-state index >= 15 is 0 Å². The summed E-state index contributed by atoms with van der Waals surface area (Å²) in [6.45, 7) is 14.1. The molecule has 1 N–H and O–H groups in total. The van der Waals surface area contributed by atoms with E-state index in [2.05, 4.69) is 37.9 Å². The molecule has 1 aliphatic rings. The van der Waals surface area contributed by atoms with Gasteiger partial charge in [-0.3, -0.25) is 4.90 Å². The molecule has 0 amide bonds. The Balaban J connectivity index is 2.49. The number of nitrogens with one attached hydrogen (secondary N) is 1. The van der Waals surface area contributed by atoms with Crippen molar-refractivity contribution in [1.82, 2.24) is 10.2 Å². The van der Waals surface area contributed by atoms with Crippen LogP contribution in [0.25, 0.3) is 0 Å². The van der Waals surface area contributed by atoms with Crippen molar-refractivity contribution in [2.24, 2.45) is 0 Å². The zero-order valence-corrected chi connectivity index (χ0v) is 11.4. The maximum Gasteiger partial charge on any atom is 0.0645 e. The van der Waals surface area contributed by atoms with Crippen LogP contribution in [0.3, 0.4) is 0 Å². The molecule has 0 radical (unpaired) electrons. The van der Waals surface area contributed by atoms with E-state index < -0.39 is 0 Å². The van der Waals surface area contributed by atoms with Gasteiger partial charge in [-0.25, -0.2) is 0 Å². The molecule has 1 saturated heterocycles. The van der Waals surface area contributed by atoms with E-state index in [9.17, 15) is 0 Å². The summed E-state index contributed by atoms with van der Waals surface area (Å²) in [5.41, 5.74) is 0.187. The Morgan fingerprint density at radius 3 is 2.69 bits per heavy atom. The highest BCUT2D eigenvalue weighted by Gasteiger charge is 2.34. The second-order valence-electron chi connectivity index (χ2n) is 5.32. The molecule has 3 heteroatoms. The van der Waals surface area contributed by atoms with Crippen LogP contribution in [0, 0.1) is 0 Å². The molecule has 0 spiro atoms. The first-order valence-electron chi connectivity index (χ1n) is 6.67. The molecule has 0 aromatic heterocycles. The summed E-state index contributed by atoms with van der Waals surface area (Å²) in [5, 5.41) is 3.54. The van der Waals surface area contributed by atoms with Gasteiger partial charge in [-0.15, -0.1) is 0 Å². The van der Waals surface area contributed by atoms with Crippen molar-refractivity contribution < 1.29 is 4.74 Å². The lowest BCUT2D eigenvalue weighted by Gasteiger charge is -2.46. The third kappa shape index (κ3) is 3.72. The molecule has 3 nitrogen and oxygen atoms in total. The molecule has 1 fully saturated rings. The minimum Gasteiger partial charge on any atom is -0.378 e. The van der Waals surface area contributed by atoms with Gasteiger partial charge >= 0.3 is 0 Å². The van der Waals surface area contributed by atoms with Crippen LogP contribution in [-0.4, -0.2) is 49.3 Å². The van der Waals surface area contributed by atoms with Gasteiger partial charge in [0, 0.05) is 24.7 Å². The van der Waals surface area contributed by atoms with Gasteiger partial charge < -0.3 is 10.1 Å². The van der Waals surface area contributed by atoms with Crippen LogP contribution in [0.15, 0.2) is 0 Å². The third-order valence-electron chi connectivity index (χ3n) is 3.43. The van der Waals surface area contributed by atoms with E-state index in [0.29, 0.717) is 6.04 Å². The highest BCUT2D eigenvalue weighted by atomic mass is 16.5. The predicted molar refractivity (Wildman–Crippen MR) is 68.8 cm³/mol. The van der Waals surface area contributed by atoms with E-state index in [0.717, 1.165) is 32.8 Å². The Morgan fingerprint density at radius 1 is 1.38 bits per heavy atom. The number of rotatable bonds is 6. The number of nitrogens with zero attached hydrogens (tertiary/aromatic N) is 1. The first kappa shape index (κ1) is 13.9. The van der Waals surface area contributed by atoms with Crippen molar-refractivity contribution in [3.05, 3.63) is 0 Å². The Kier molecular flexibility index (Phi) is 5.73. The summed E-state index contributed by atoms with van der Waals surface area (Å²) in [4.78, 5) is 2.61. The summed E-state index contributed by atoms with van der Waals surface area (Å²) < 4.78 is 5.57. The van der Waals surface area contributed by atoms with Crippen molar-refractivity contribution in [3.63, 3.8) is 0 Å². The zero-order valence-electron chi connectivity index (χ0n) is 11.4. The van der Waals surface area contributed by atoms with E-state index in [4.69, 9.17) is 4.74 Å². The summed E-state index contributed by atoms with van der Waals surface area (Å²) in [5.74, 6) is 0. The third-order valence-corrected chi connectivity index (χ3v) is 3.43. The normalized spacial score (nSPS) is 23.2. The minimum atomic E-state index is 0.187. The van der Waals surface area contributed by atoms with Gasteiger partial charge in [0.05, 0.1) is 13.2 Å². The largest absolute Gasteiger partial charge is 0.378 e. The van der Waals surface area contributed by atoms with Crippen molar-refractivity contribution in [2.45, 2.75) is 52.1 Å². The first-order valence-corrected chi connectivity index (χ1v) is 6.67. The average molecular weight is 228 g/mol. The number of ether oxygens (including phenoxy) is 1. The number of hydrogen-bond donors (Lipinski definition) is 1. The van der Waals surface area contributed by atoms with Crippen molar-refractivity contribution >= 4 is 0 Å². The van der Waals surface area contributed by atoms with Gasteiger partial charge in [-0.2, -0.15) is 0 Å². The number of morpholine rings is 1. The SMILES string of the molecule is CCCNCC(CC)N1CCOCC1(C)C. The molecular formula is C13H28N2O. The summed E-state index contributed by atoms with van der Waals surface area (Å²) >= 11 is 0. The van der Waals surface area contributed by atoms with Crippen molar-refractivity contribution in [2.75, 3.05) is 32.8 Å². The van der Waals surface area contributed by atoms with Crippen molar-refractivity contribution in [3.8, 4) is 0 Å². The van der Waals surface area contributed by atoms with E-state index in [-0.39, 0.29) is 5.54 Å². The van der Waals surface area contributed by atoms with Gasteiger partial charge in [-0.05, 0) is 33.2 Å². The van der Waals surface area contributed by atoms with Crippen LogP contribution in [-0.2, 0) is 4.74 Å². The Morgan fingerprint density at radius 2 is 2.12 bits per heavy atom. The lowest BCUT2D eigenvalue weighted by atomic mass is 9.98. The van der Waals surface area contributed by atoms with Crippen LogP contribution >= 0.6 is 0 Å². The van der Waals surface area contributed by atoms with Gasteiger partial charge in [0.15, 0.2) is 0 Å². The molecule has 0 bridgehead atoms. The highest BCUT2D eigenvalue weighted by Crippen LogP contribution is 2.22. The van der Waals surface area contributed by atoms with E-state index in [1.165, 1.54) is 12.8 Å². The molecule has 1 heterocycles. The summed E-state index contributed by atoms with van der Waals surface area (Å²) in [7, 11) is 0. The van der Waals surface area contributed by atoms with Crippen LogP contribution in [0.4, 0.5) is 0 Å². The molecule has 0 saturated carbocycles. The van der Waals surface area contributed by atoms with Gasteiger partial charge in [-0.1, -0.05) is 13.8 Å². The second-order valence-corrected chi connectivity index (χ2v) is 5.32. The second kappa shape index (κ2) is 6.58. The maximum absolute atomic E-state index is 5.57. The van der Waals surface area contributed by atoms with Crippen LogP contribution in [0.2, 0.25) is 0 Å². The first-order chi connectivity index (χ1) is 7.61. The molecule has 0 aromatic rings. The standard InChI is InChI=1S/C13H28N2O/c1-5-7-14-10-12(6-2)15-8-9-16-11-13(15,3)4/h12,14H,5-11H2,1-4H3. The summed E-state index contributed by atoms with van der Waals surface area (Å²) in [6.07, 6.45) is 2.42. The molecule has 0 aromatic carbocycles. The Labute approximate surface area is 101 Å². The van der Waals surface area contributed by atoms with Crippen LogP contribution < -0.4 is 5.32 Å². The lowest BCUT2D eigenvalue weighted by Crippen LogP contribution is -2.59. The molecule has 96 valence electrons. The topological polar surface area (TPSA) is 24.5 Å². The molecule has 1 unspecified atom stereocenters. The Bertz CT molecular complexity index is 194. The smallest absolute Gasteiger partial charge is 0.0645 e. The fourth-order valence-electron chi connectivity index (χ4n) is 2.47. The van der Waals surface area contributed by atoms with Gasteiger partial charge in [0.25, 0.3) is 0 Å². The van der Waals surface area contributed by atoms with Gasteiger partial charge in [0.1, 0.15) is 0 Å². The highest BCUT2D eigenvalue weighted by molar-refractivity contribution is 4.89. The predicted octanol–water partition coefficient (Wildman–Crippen LogP) is 1.88. The molecule has 1 aliphatic heterocycles. The van der Waals surface area contributed by atoms with Crippen molar-refractivity contribution in [1.29, 1.82) is 0 Å². The van der Waals surface area contributed by atoms with E-state index in [1.54, 1.807) is 0 Å². The minimum absolute atomic E-state index is 0.187. The molecule has 0 aliphatic carbocycles. The summed E-state index contributed by atoms with van der Waals surface area (Å²) in [6, 6.07) is 0.644. The number of hydrogen-bond acceptors (Lipinski definition) is 3. The molecule has 1 rings (SSSR count). The monoisotopic (exact) mass is 228 g/mol. The molecule has 16 heavy (non-hydrogen) atoms. The zero-order chi connectivity index (χ0) is 12.0. The van der Waals surface area contributed by atoms with Crippen LogP contribution in [0.5, 0.6) is 0 Å². The van der Waals surface area contributed by atoms with E-state index in [1.807, 2.05) is 0 Å². The fourth-order valence-corrected chi connectivity index (χ4v) is 2.47. The average Bonchev–Trinajstić information content (AvgIpc) is 2.25. The Hall–Kier alpha value is -0.120. The van der Waals surface area contributed by atoms with Gasteiger partial charge in [0.2, 0.25) is 0 Å². The molecule has 1 atom stereocenters. The quantitative estimate of drug-likeness (QED) is 0.703. The maximum atomic E-state index is 5.57. The lowest BCUT2D eigenvalue weighted by molar-refractivity contribution is -0.0721. The van der Waals surface area contributed by atoms with Crippen LogP contribution in [0.1, 0.15) is 40.5 Å².